The average molecular weight is 200 g/mol. The van der Waals surface area contributed by atoms with Crippen molar-refractivity contribution >= 4 is 35.6 Å². The van der Waals surface area contributed by atoms with Gasteiger partial charge in [0.15, 0.2) is 11.7 Å². The van der Waals surface area contributed by atoms with Crippen LogP contribution in [0.1, 0.15) is 0 Å². The van der Waals surface area contributed by atoms with Crippen LogP contribution in [0.25, 0.3) is 0 Å². The van der Waals surface area contributed by atoms with Crippen LogP contribution in [0.5, 0.6) is 0 Å². The third-order valence-electron chi connectivity index (χ3n) is 1.10. The van der Waals surface area contributed by atoms with Gasteiger partial charge >= 0.3 is 0 Å². The molecule has 2 rings (SSSR count). The molecule has 0 bridgehead atoms. The first-order chi connectivity index (χ1) is 5.95. The molecule has 12 heavy (non-hydrogen) atoms. The molecule has 0 amide bonds. The van der Waals surface area contributed by atoms with Crippen LogP contribution < -0.4 is 0 Å². The number of nitrogens with zero attached hydrogens (tertiary/aromatic N) is 6. The standard InChI is InChI=1S/C4H4N6S2/c1-3(7-9-11-1)5-6-4-2-12-10-8-4/h1-2H2. The van der Waals surface area contributed by atoms with Crippen molar-refractivity contribution < 1.29 is 0 Å². The van der Waals surface area contributed by atoms with Gasteiger partial charge in [0, 0.05) is 23.9 Å². The lowest BCUT2D eigenvalue weighted by molar-refractivity contribution is 1.18. The van der Waals surface area contributed by atoms with Gasteiger partial charge in [0.1, 0.15) is 0 Å². The van der Waals surface area contributed by atoms with Gasteiger partial charge in [-0.3, -0.25) is 0 Å². The molecular weight excluding hydrogens is 196 g/mol. The van der Waals surface area contributed by atoms with E-state index in [9.17, 15) is 0 Å². The van der Waals surface area contributed by atoms with Crippen molar-refractivity contribution in [3.8, 4) is 0 Å². The summed E-state index contributed by atoms with van der Waals surface area (Å²) in [5.41, 5.74) is 0. The average Bonchev–Trinajstić information content (AvgIpc) is 2.74. The summed E-state index contributed by atoms with van der Waals surface area (Å²) in [4.78, 5) is 0. The number of hydrogen-bond donors (Lipinski definition) is 0. The lowest BCUT2D eigenvalue weighted by atomic mass is 10.7. The van der Waals surface area contributed by atoms with Gasteiger partial charge in [-0.05, 0) is 0 Å². The minimum absolute atomic E-state index is 0.639. The highest BCUT2D eigenvalue weighted by atomic mass is 32.2. The fourth-order valence-corrected chi connectivity index (χ4v) is 1.48. The molecule has 0 atom stereocenters. The predicted molar refractivity (Wildman–Crippen MR) is 49.5 cm³/mol. The summed E-state index contributed by atoms with van der Waals surface area (Å²) in [5, 5.41) is 15.2. The summed E-state index contributed by atoms with van der Waals surface area (Å²) in [6.07, 6.45) is 0. The largest absolute Gasteiger partial charge is 0.185 e. The molecule has 0 unspecified atom stereocenters. The Balaban J connectivity index is 2.03. The second kappa shape index (κ2) is 3.76. The molecule has 0 saturated heterocycles. The van der Waals surface area contributed by atoms with E-state index in [2.05, 4.69) is 29.5 Å². The summed E-state index contributed by atoms with van der Waals surface area (Å²) in [7, 11) is 0. The van der Waals surface area contributed by atoms with Crippen molar-refractivity contribution in [3.63, 3.8) is 0 Å². The van der Waals surface area contributed by atoms with Gasteiger partial charge < -0.3 is 0 Å². The molecule has 0 aromatic carbocycles. The Morgan fingerprint density at radius 2 is 1.42 bits per heavy atom. The van der Waals surface area contributed by atoms with Crippen LogP contribution >= 0.6 is 23.9 Å². The highest BCUT2D eigenvalue weighted by Crippen LogP contribution is 2.14. The van der Waals surface area contributed by atoms with Crippen LogP contribution in [0.2, 0.25) is 0 Å². The molecule has 2 aliphatic rings. The van der Waals surface area contributed by atoms with Crippen molar-refractivity contribution in [2.24, 2.45) is 29.5 Å². The van der Waals surface area contributed by atoms with E-state index in [-0.39, 0.29) is 0 Å². The molecule has 2 heterocycles. The molecule has 0 aromatic heterocycles. The van der Waals surface area contributed by atoms with E-state index < -0.39 is 0 Å². The second-order valence-corrected chi connectivity index (χ2v) is 3.36. The minimum atomic E-state index is 0.639. The van der Waals surface area contributed by atoms with E-state index in [1.807, 2.05) is 0 Å². The van der Waals surface area contributed by atoms with E-state index in [4.69, 9.17) is 0 Å². The number of rotatable bonds is 1. The van der Waals surface area contributed by atoms with Crippen LogP contribution in [0.15, 0.2) is 29.5 Å². The normalized spacial score (nSPS) is 28.0. The topological polar surface area (TPSA) is 74.2 Å². The molecular formula is C4H4N6S2. The van der Waals surface area contributed by atoms with Gasteiger partial charge in [0.2, 0.25) is 0 Å². The van der Waals surface area contributed by atoms with Crippen molar-refractivity contribution in [1.29, 1.82) is 0 Å². The Morgan fingerprint density at radius 1 is 0.917 bits per heavy atom. The Kier molecular flexibility index (Phi) is 2.47. The highest BCUT2D eigenvalue weighted by Gasteiger charge is 2.07. The smallest absolute Gasteiger partial charge is 0.130 e. The van der Waals surface area contributed by atoms with Crippen LogP contribution in [-0.2, 0) is 0 Å². The fraction of sp³-hybridized carbons (Fsp3) is 0.500. The predicted octanol–water partition coefficient (Wildman–Crippen LogP) is 1.93. The van der Waals surface area contributed by atoms with Crippen LogP contribution in [0, 0.1) is 0 Å². The zero-order chi connectivity index (χ0) is 8.23. The first-order valence-electron chi connectivity index (χ1n) is 3.14. The van der Waals surface area contributed by atoms with Gasteiger partial charge in [-0.25, -0.2) is 0 Å². The Labute approximate surface area is 77.0 Å². The zero-order valence-corrected chi connectivity index (χ0v) is 7.55. The lowest BCUT2D eigenvalue weighted by Crippen LogP contribution is -1.94. The molecule has 8 heteroatoms. The third-order valence-corrected chi connectivity index (χ3v) is 2.26. The van der Waals surface area contributed by atoms with E-state index in [0.29, 0.717) is 23.2 Å². The molecule has 0 aliphatic carbocycles. The molecule has 0 N–H and O–H groups in total. The van der Waals surface area contributed by atoms with Gasteiger partial charge in [0.05, 0.1) is 11.5 Å². The summed E-state index contributed by atoms with van der Waals surface area (Å²) >= 11 is 2.73. The molecule has 2 aliphatic heterocycles. The van der Waals surface area contributed by atoms with Gasteiger partial charge in [-0.2, -0.15) is 0 Å². The van der Waals surface area contributed by atoms with E-state index in [1.54, 1.807) is 0 Å². The molecule has 0 aromatic rings. The number of hydrogen-bond acceptors (Lipinski definition) is 6. The lowest BCUT2D eigenvalue weighted by Gasteiger charge is -1.83. The second-order valence-electron chi connectivity index (χ2n) is 1.94. The quantitative estimate of drug-likeness (QED) is 0.479. The molecule has 0 radical (unpaired) electrons. The van der Waals surface area contributed by atoms with Gasteiger partial charge in [-0.1, -0.05) is 0 Å². The van der Waals surface area contributed by atoms with E-state index in [1.165, 1.54) is 23.9 Å². The first-order valence-corrected chi connectivity index (χ1v) is 5.03. The summed E-state index contributed by atoms with van der Waals surface area (Å²) < 4.78 is 7.38. The molecule has 62 valence electrons. The molecule has 6 nitrogen and oxygen atoms in total. The molecule has 0 fully saturated rings. The fourth-order valence-electron chi connectivity index (χ4n) is 0.596. The van der Waals surface area contributed by atoms with Crippen molar-refractivity contribution in [1.82, 2.24) is 0 Å². The first kappa shape index (κ1) is 7.87. The van der Waals surface area contributed by atoms with Crippen LogP contribution in [0.3, 0.4) is 0 Å². The van der Waals surface area contributed by atoms with Crippen LogP contribution in [-0.4, -0.2) is 23.2 Å². The van der Waals surface area contributed by atoms with Crippen molar-refractivity contribution in [3.05, 3.63) is 0 Å². The highest BCUT2D eigenvalue weighted by molar-refractivity contribution is 7.99. The van der Waals surface area contributed by atoms with Crippen LogP contribution in [0.4, 0.5) is 0 Å². The Morgan fingerprint density at radius 3 is 1.75 bits per heavy atom. The molecule has 0 saturated carbocycles. The van der Waals surface area contributed by atoms with E-state index in [0.717, 1.165) is 0 Å². The maximum Gasteiger partial charge on any atom is 0.185 e. The molecule has 0 spiro atoms. The maximum atomic E-state index is 3.86. The SMILES string of the molecule is C1SN=NC1=NN=C1CSN=N1. The Bertz CT molecular complexity index is 262. The summed E-state index contributed by atoms with van der Waals surface area (Å²) in [6.45, 7) is 0. The Hall–Kier alpha value is -0.760. The summed E-state index contributed by atoms with van der Waals surface area (Å²) in [5.74, 6) is 2.67. The van der Waals surface area contributed by atoms with Gasteiger partial charge in [0.25, 0.3) is 0 Å². The van der Waals surface area contributed by atoms with E-state index >= 15 is 0 Å². The zero-order valence-electron chi connectivity index (χ0n) is 5.91. The van der Waals surface area contributed by atoms with Gasteiger partial charge in [-0.15, -0.1) is 29.5 Å². The third kappa shape index (κ3) is 1.89. The summed E-state index contributed by atoms with van der Waals surface area (Å²) in [6, 6.07) is 0. The monoisotopic (exact) mass is 200 g/mol. The number of amidine groups is 2. The minimum Gasteiger partial charge on any atom is -0.130 e. The van der Waals surface area contributed by atoms with Crippen molar-refractivity contribution in [2.45, 2.75) is 0 Å². The maximum absolute atomic E-state index is 3.86. The van der Waals surface area contributed by atoms with Crippen molar-refractivity contribution in [2.75, 3.05) is 11.5 Å².